The third kappa shape index (κ3) is 2.22. The first-order chi connectivity index (χ1) is 7.70. The van der Waals surface area contributed by atoms with Gasteiger partial charge >= 0.3 is 0 Å². The molecule has 0 spiro atoms. The van der Waals surface area contributed by atoms with Crippen molar-refractivity contribution in [3.63, 3.8) is 0 Å². The first kappa shape index (κ1) is 11.1. The highest BCUT2D eigenvalue weighted by Crippen LogP contribution is 2.35. The van der Waals surface area contributed by atoms with Gasteiger partial charge in [0.1, 0.15) is 0 Å². The van der Waals surface area contributed by atoms with E-state index in [0.717, 1.165) is 37.1 Å². The lowest BCUT2D eigenvalue weighted by Crippen LogP contribution is -2.28. The van der Waals surface area contributed by atoms with Crippen molar-refractivity contribution in [2.45, 2.75) is 25.3 Å². The summed E-state index contributed by atoms with van der Waals surface area (Å²) in [5, 5.41) is 25.3. The summed E-state index contributed by atoms with van der Waals surface area (Å²) >= 11 is 0. The average Bonchev–Trinajstić information content (AvgIpc) is 2.28. The number of phenolic OH excluding ortho intramolecular Hbond substituents is 2. The number of nitrogens with one attached hydrogen (secondary N) is 2. The van der Waals surface area contributed by atoms with E-state index >= 15 is 0 Å². The summed E-state index contributed by atoms with van der Waals surface area (Å²) in [6.07, 6.45) is 3.08. The molecule has 1 aliphatic rings. The number of rotatable bonds is 3. The molecule has 4 nitrogen and oxygen atoms in total. The lowest BCUT2D eigenvalue weighted by molar-refractivity contribution is 0.402. The second-order valence-electron chi connectivity index (χ2n) is 4.27. The summed E-state index contributed by atoms with van der Waals surface area (Å²) in [5.41, 5.74) is 2.03. The van der Waals surface area contributed by atoms with Crippen LogP contribution in [0.3, 0.4) is 0 Å². The molecule has 1 aromatic rings. The fraction of sp³-hybridized carbons (Fsp3) is 0.500. The zero-order valence-corrected chi connectivity index (χ0v) is 9.45. The number of hydrogen-bond donors (Lipinski definition) is 4. The second-order valence-corrected chi connectivity index (χ2v) is 4.27. The Labute approximate surface area is 95.3 Å². The zero-order chi connectivity index (χ0) is 11.5. The fourth-order valence-electron chi connectivity index (χ4n) is 2.12. The Kier molecular flexibility index (Phi) is 3.19. The fourth-order valence-corrected chi connectivity index (χ4v) is 2.12. The Hall–Kier alpha value is -1.42. The van der Waals surface area contributed by atoms with Crippen molar-refractivity contribution in [3.8, 4) is 11.5 Å². The summed E-state index contributed by atoms with van der Waals surface area (Å²) in [6.45, 7) is 0.983. The van der Waals surface area contributed by atoms with Gasteiger partial charge in [-0.05, 0) is 44.5 Å². The van der Waals surface area contributed by atoms with Gasteiger partial charge in [-0.1, -0.05) is 0 Å². The van der Waals surface area contributed by atoms with Crippen molar-refractivity contribution in [2.75, 3.05) is 18.9 Å². The van der Waals surface area contributed by atoms with Gasteiger partial charge in [0, 0.05) is 17.8 Å². The monoisotopic (exact) mass is 222 g/mol. The van der Waals surface area contributed by atoms with Gasteiger partial charge in [0.2, 0.25) is 0 Å². The molecular formula is C12H18N2O2. The van der Waals surface area contributed by atoms with E-state index in [1.54, 1.807) is 12.1 Å². The number of anilines is 1. The normalized spacial score (nSPS) is 18.9. The molecule has 0 saturated carbocycles. The molecule has 88 valence electrons. The highest BCUT2D eigenvalue weighted by molar-refractivity contribution is 5.61. The van der Waals surface area contributed by atoms with Crippen LogP contribution in [0, 0.1) is 0 Å². The molecular weight excluding hydrogens is 204 g/mol. The maximum Gasteiger partial charge on any atom is 0.159 e. The highest BCUT2D eigenvalue weighted by atomic mass is 16.3. The minimum Gasteiger partial charge on any atom is -0.504 e. The Bertz CT molecular complexity index is 380. The molecule has 0 aliphatic carbocycles. The molecule has 1 atom stereocenters. The minimum atomic E-state index is -0.0551. The van der Waals surface area contributed by atoms with Gasteiger partial charge in [0.25, 0.3) is 0 Å². The van der Waals surface area contributed by atoms with E-state index in [0.29, 0.717) is 6.04 Å². The van der Waals surface area contributed by atoms with E-state index in [9.17, 15) is 10.2 Å². The lowest BCUT2D eigenvalue weighted by atomic mass is 9.96. The molecule has 0 bridgehead atoms. The summed E-state index contributed by atoms with van der Waals surface area (Å²) in [6, 6.07) is 3.70. The van der Waals surface area contributed by atoms with Crippen LogP contribution in [0.15, 0.2) is 12.1 Å². The summed E-state index contributed by atoms with van der Waals surface area (Å²) in [5.74, 6) is -0.0882. The number of aryl methyl sites for hydroxylation is 1. The quantitative estimate of drug-likeness (QED) is 0.461. The molecule has 0 amide bonds. The van der Waals surface area contributed by atoms with Gasteiger partial charge in [0.15, 0.2) is 11.5 Å². The first-order valence-electron chi connectivity index (χ1n) is 5.66. The molecule has 0 fully saturated rings. The van der Waals surface area contributed by atoms with Gasteiger partial charge in [-0.25, -0.2) is 0 Å². The van der Waals surface area contributed by atoms with Gasteiger partial charge < -0.3 is 20.8 Å². The van der Waals surface area contributed by atoms with Crippen molar-refractivity contribution >= 4 is 5.69 Å². The predicted octanol–water partition coefficient (Wildman–Crippen LogP) is 1.43. The zero-order valence-electron chi connectivity index (χ0n) is 9.45. The van der Waals surface area contributed by atoms with Crippen LogP contribution in [0.5, 0.6) is 11.5 Å². The molecule has 2 rings (SSSR count). The third-order valence-electron chi connectivity index (χ3n) is 3.06. The first-order valence-corrected chi connectivity index (χ1v) is 5.66. The molecule has 16 heavy (non-hydrogen) atoms. The second kappa shape index (κ2) is 4.61. The van der Waals surface area contributed by atoms with E-state index in [1.807, 2.05) is 7.05 Å². The van der Waals surface area contributed by atoms with Crippen LogP contribution in [0.4, 0.5) is 5.69 Å². The molecule has 1 unspecified atom stereocenters. The van der Waals surface area contributed by atoms with Crippen LogP contribution in [0.2, 0.25) is 0 Å². The van der Waals surface area contributed by atoms with E-state index in [1.165, 1.54) is 0 Å². The number of phenols is 2. The largest absolute Gasteiger partial charge is 0.504 e. The van der Waals surface area contributed by atoms with Gasteiger partial charge in [-0.15, -0.1) is 0 Å². The smallest absolute Gasteiger partial charge is 0.159 e. The van der Waals surface area contributed by atoms with Crippen LogP contribution in [0.25, 0.3) is 0 Å². The van der Waals surface area contributed by atoms with Gasteiger partial charge in [-0.3, -0.25) is 0 Å². The standard InChI is InChI=1S/C12H18N2O2/c1-13-5-4-9-3-2-8-6-11(15)12(16)7-10(8)14-9/h6-7,9,13-16H,2-5H2,1H3. The Morgan fingerprint density at radius 3 is 2.88 bits per heavy atom. The van der Waals surface area contributed by atoms with Crippen LogP contribution >= 0.6 is 0 Å². The van der Waals surface area contributed by atoms with Crippen molar-refractivity contribution in [1.29, 1.82) is 0 Å². The van der Waals surface area contributed by atoms with E-state index < -0.39 is 0 Å². The Balaban J connectivity index is 2.11. The molecule has 0 aromatic heterocycles. The molecule has 4 N–H and O–H groups in total. The Morgan fingerprint density at radius 2 is 2.12 bits per heavy atom. The molecule has 1 heterocycles. The summed E-state index contributed by atoms with van der Waals surface area (Å²) in [7, 11) is 1.95. The van der Waals surface area contributed by atoms with E-state index in [2.05, 4.69) is 10.6 Å². The minimum absolute atomic E-state index is 0.0331. The number of aromatic hydroxyl groups is 2. The van der Waals surface area contributed by atoms with Crippen LogP contribution < -0.4 is 10.6 Å². The van der Waals surface area contributed by atoms with Gasteiger partial charge in [0.05, 0.1) is 0 Å². The number of benzene rings is 1. The van der Waals surface area contributed by atoms with Gasteiger partial charge in [-0.2, -0.15) is 0 Å². The Morgan fingerprint density at radius 1 is 1.38 bits per heavy atom. The van der Waals surface area contributed by atoms with Crippen LogP contribution in [-0.2, 0) is 6.42 Å². The topological polar surface area (TPSA) is 64.5 Å². The maximum absolute atomic E-state index is 9.44. The molecule has 1 aromatic carbocycles. The molecule has 0 radical (unpaired) electrons. The van der Waals surface area contributed by atoms with Crippen LogP contribution in [0.1, 0.15) is 18.4 Å². The van der Waals surface area contributed by atoms with Crippen molar-refractivity contribution in [1.82, 2.24) is 5.32 Å². The van der Waals surface area contributed by atoms with E-state index in [-0.39, 0.29) is 11.5 Å². The molecule has 0 saturated heterocycles. The van der Waals surface area contributed by atoms with Crippen LogP contribution in [-0.4, -0.2) is 29.8 Å². The number of fused-ring (bicyclic) bond motifs is 1. The number of hydrogen-bond acceptors (Lipinski definition) is 4. The van der Waals surface area contributed by atoms with Crippen molar-refractivity contribution in [3.05, 3.63) is 17.7 Å². The third-order valence-corrected chi connectivity index (χ3v) is 3.06. The van der Waals surface area contributed by atoms with Crippen molar-refractivity contribution < 1.29 is 10.2 Å². The highest BCUT2D eigenvalue weighted by Gasteiger charge is 2.18. The maximum atomic E-state index is 9.44. The SMILES string of the molecule is CNCCC1CCc2cc(O)c(O)cc2N1. The molecule has 1 aliphatic heterocycles. The van der Waals surface area contributed by atoms with Crippen molar-refractivity contribution in [2.24, 2.45) is 0 Å². The summed E-state index contributed by atoms with van der Waals surface area (Å²) < 4.78 is 0. The lowest BCUT2D eigenvalue weighted by Gasteiger charge is -2.27. The van der Waals surface area contributed by atoms with E-state index in [4.69, 9.17) is 0 Å². The predicted molar refractivity (Wildman–Crippen MR) is 64.0 cm³/mol. The molecule has 4 heteroatoms. The average molecular weight is 222 g/mol. The summed E-state index contributed by atoms with van der Waals surface area (Å²) in [4.78, 5) is 0.